The van der Waals surface area contributed by atoms with Crippen molar-refractivity contribution in [3.05, 3.63) is 54.2 Å². The zero-order valence-corrected chi connectivity index (χ0v) is 24.4. The molecule has 1 aromatic carbocycles. The van der Waals surface area contributed by atoms with Gasteiger partial charge >= 0.3 is 0 Å². The van der Waals surface area contributed by atoms with Crippen LogP contribution in [0.3, 0.4) is 0 Å². The van der Waals surface area contributed by atoms with Crippen molar-refractivity contribution in [2.24, 2.45) is 46.3 Å². The molecular weight excluding hydrogens is 446 g/mol. The lowest BCUT2D eigenvalue weighted by atomic mass is 9.47. The first-order valence-electron chi connectivity index (χ1n) is 15.9. The molecule has 1 nitrogen and oxygen atoms in total. The highest BCUT2D eigenvalue weighted by Crippen LogP contribution is 2.67. The van der Waals surface area contributed by atoms with Crippen LogP contribution >= 0.6 is 0 Å². The van der Waals surface area contributed by atoms with Crippen LogP contribution in [0, 0.1) is 46.3 Å². The molecule has 1 aromatic heterocycles. The number of rotatable bonds is 6. The van der Waals surface area contributed by atoms with Gasteiger partial charge in [-0.3, -0.25) is 0 Å². The average Bonchev–Trinajstić information content (AvgIpc) is 3.25. The molecular formula is C36H52N+. The monoisotopic (exact) mass is 498 g/mol. The maximum atomic E-state index is 2.77. The van der Waals surface area contributed by atoms with E-state index >= 15 is 0 Å². The van der Waals surface area contributed by atoms with Crippen LogP contribution in [0.15, 0.2) is 54.2 Å². The molecule has 0 aliphatic heterocycles. The molecule has 4 aliphatic carbocycles. The number of aromatic nitrogens is 1. The predicted octanol–water partition coefficient (Wildman–Crippen LogP) is 9.71. The second-order valence-corrected chi connectivity index (χ2v) is 14.7. The summed E-state index contributed by atoms with van der Waals surface area (Å²) in [5.74, 6) is 5.53. The first kappa shape index (κ1) is 25.6. The fourth-order valence-electron chi connectivity index (χ4n) is 10.4. The van der Waals surface area contributed by atoms with Gasteiger partial charge in [0.25, 0.3) is 0 Å². The molecule has 0 unspecified atom stereocenters. The molecule has 4 aliphatic rings. The molecule has 0 amide bonds. The number of pyridine rings is 1. The van der Waals surface area contributed by atoms with Crippen molar-refractivity contribution < 1.29 is 4.57 Å². The summed E-state index contributed by atoms with van der Waals surface area (Å²) in [5.41, 5.74) is 4.25. The van der Waals surface area contributed by atoms with Crippen molar-refractivity contribution in [3.63, 3.8) is 0 Å². The standard InChI is InChI=1S/C36H52N/c1-25(2)10-8-11-26(3)31-17-18-32-30-16-15-28-24-29(37-23-9-13-27-12-6-7-14-34(27)37)19-21-35(28,4)33(30)20-22-36(31,32)5/h6-7,9,12-15,23,25-26,29-33H,8,10-11,16-22,24H2,1-5H3/q+1/t26-,29-,30-,31+,32-,33-,35-,36+/m0/s1. The Balaban J connectivity index is 1.20. The second kappa shape index (κ2) is 9.84. The molecule has 1 heterocycles. The van der Waals surface area contributed by atoms with Crippen LogP contribution in [-0.4, -0.2) is 0 Å². The van der Waals surface area contributed by atoms with E-state index in [1.807, 2.05) is 5.57 Å². The summed E-state index contributed by atoms with van der Waals surface area (Å²) in [5, 5.41) is 1.37. The van der Waals surface area contributed by atoms with Crippen LogP contribution in [0.4, 0.5) is 0 Å². The first-order chi connectivity index (χ1) is 17.8. The topological polar surface area (TPSA) is 3.88 Å². The van der Waals surface area contributed by atoms with Crippen LogP contribution in [0.2, 0.25) is 0 Å². The maximum absolute atomic E-state index is 2.77. The third-order valence-corrected chi connectivity index (χ3v) is 12.4. The maximum Gasteiger partial charge on any atom is 0.212 e. The highest BCUT2D eigenvalue weighted by Gasteiger charge is 2.59. The summed E-state index contributed by atoms with van der Waals surface area (Å²) < 4.78 is 2.60. The van der Waals surface area contributed by atoms with Gasteiger partial charge in [-0.2, -0.15) is 4.57 Å². The van der Waals surface area contributed by atoms with Gasteiger partial charge in [0.15, 0.2) is 12.2 Å². The van der Waals surface area contributed by atoms with E-state index in [9.17, 15) is 0 Å². The molecule has 6 rings (SSSR count). The minimum Gasteiger partial charge on any atom is -0.195 e. The Morgan fingerprint density at radius 1 is 0.892 bits per heavy atom. The molecule has 0 spiro atoms. The van der Waals surface area contributed by atoms with Gasteiger partial charge in [0.1, 0.15) is 0 Å². The van der Waals surface area contributed by atoms with E-state index in [1.165, 1.54) is 81.5 Å². The number of nitrogens with zero attached hydrogens (tertiary/aromatic N) is 1. The largest absolute Gasteiger partial charge is 0.212 e. The number of hydrogen-bond donors (Lipinski definition) is 0. The Bertz CT molecular complexity index is 1140. The van der Waals surface area contributed by atoms with Gasteiger partial charge in [0, 0.05) is 30.4 Å². The van der Waals surface area contributed by atoms with E-state index in [4.69, 9.17) is 0 Å². The van der Waals surface area contributed by atoms with Crippen LogP contribution in [0.1, 0.15) is 111 Å². The van der Waals surface area contributed by atoms with Crippen LogP contribution in [-0.2, 0) is 0 Å². The van der Waals surface area contributed by atoms with Gasteiger partial charge < -0.3 is 0 Å². The van der Waals surface area contributed by atoms with Crippen molar-refractivity contribution in [2.75, 3.05) is 0 Å². The van der Waals surface area contributed by atoms with Crippen molar-refractivity contribution >= 4 is 10.9 Å². The van der Waals surface area contributed by atoms with Crippen molar-refractivity contribution in [1.82, 2.24) is 0 Å². The van der Waals surface area contributed by atoms with Gasteiger partial charge in [-0.05, 0) is 97.0 Å². The van der Waals surface area contributed by atoms with E-state index in [1.54, 1.807) is 0 Å². The molecule has 200 valence electrons. The summed E-state index contributed by atoms with van der Waals surface area (Å²) >= 11 is 0. The Labute approximate surface area is 227 Å². The summed E-state index contributed by atoms with van der Waals surface area (Å²) in [4.78, 5) is 0. The average molecular weight is 499 g/mol. The van der Waals surface area contributed by atoms with Gasteiger partial charge in [-0.25, -0.2) is 0 Å². The smallest absolute Gasteiger partial charge is 0.195 e. The lowest BCUT2D eigenvalue weighted by molar-refractivity contribution is -0.700. The summed E-state index contributed by atoms with van der Waals surface area (Å²) in [6.45, 7) is 12.8. The Morgan fingerprint density at radius 2 is 1.70 bits per heavy atom. The highest BCUT2D eigenvalue weighted by molar-refractivity contribution is 5.75. The summed E-state index contributed by atoms with van der Waals surface area (Å²) in [6.07, 6.45) is 20.7. The molecule has 37 heavy (non-hydrogen) atoms. The molecule has 1 heteroatoms. The van der Waals surface area contributed by atoms with Gasteiger partial charge in [0.05, 0.1) is 0 Å². The molecule has 3 saturated carbocycles. The first-order valence-corrected chi connectivity index (χ1v) is 15.9. The Kier molecular flexibility index (Phi) is 6.82. The van der Waals surface area contributed by atoms with Crippen LogP contribution in [0.25, 0.3) is 10.9 Å². The molecule has 0 saturated heterocycles. The number of para-hydroxylation sites is 1. The SMILES string of the molecule is CC(C)CCC[C@H](C)[C@H]1CC[C@H]2[C@@H]3CC=C4C[C@@H]([n+]5cccc6ccccc65)CC[C@]4(C)[C@H]3CC[C@]12C. The fourth-order valence-corrected chi connectivity index (χ4v) is 10.4. The quantitative estimate of drug-likeness (QED) is 0.276. The minimum absolute atomic E-state index is 0.437. The third kappa shape index (κ3) is 4.31. The zero-order valence-electron chi connectivity index (χ0n) is 24.4. The van der Waals surface area contributed by atoms with E-state index in [0.717, 1.165) is 35.5 Å². The van der Waals surface area contributed by atoms with Crippen molar-refractivity contribution in [3.8, 4) is 0 Å². The van der Waals surface area contributed by atoms with Gasteiger partial charge in [0.2, 0.25) is 5.52 Å². The number of hydrogen-bond acceptors (Lipinski definition) is 0. The predicted molar refractivity (Wildman–Crippen MR) is 156 cm³/mol. The van der Waals surface area contributed by atoms with E-state index in [2.05, 4.69) is 87.9 Å². The van der Waals surface area contributed by atoms with E-state index < -0.39 is 0 Å². The Morgan fingerprint density at radius 3 is 2.54 bits per heavy atom. The minimum atomic E-state index is 0.437. The van der Waals surface area contributed by atoms with Crippen LogP contribution in [0.5, 0.6) is 0 Å². The lowest BCUT2D eigenvalue weighted by Crippen LogP contribution is -2.52. The highest BCUT2D eigenvalue weighted by atomic mass is 15.0. The van der Waals surface area contributed by atoms with E-state index in [-0.39, 0.29) is 0 Å². The summed E-state index contributed by atoms with van der Waals surface area (Å²) in [7, 11) is 0. The Hall–Kier alpha value is -1.63. The number of fused-ring (bicyclic) bond motifs is 6. The van der Waals surface area contributed by atoms with Crippen molar-refractivity contribution in [1.29, 1.82) is 0 Å². The van der Waals surface area contributed by atoms with E-state index in [0.29, 0.717) is 16.9 Å². The number of benzene rings is 1. The van der Waals surface area contributed by atoms with Crippen LogP contribution < -0.4 is 4.57 Å². The second-order valence-electron chi connectivity index (χ2n) is 14.7. The number of allylic oxidation sites excluding steroid dienone is 2. The molecule has 2 aromatic rings. The molecule has 0 N–H and O–H groups in total. The molecule has 0 bridgehead atoms. The zero-order chi connectivity index (χ0) is 25.8. The van der Waals surface area contributed by atoms with Crippen molar-refractivity contribution in [2.45, 2.75) is 111 Å². The lowest BCUT2D eigenvalue weighted by Gasteiger charge is -2.58. The van der Waals surface area contributed by atoms with Gasteiger partial charge in [-0.15, -0.1) is 0 Å². The molecule has 8 atom stereocenters. The summed E-state index contributed by atoms with van der Waals surface area (Å²) in [6, 6.07) is 14.1. The normalized spacial score (nSPS) is 38.1. The fraction of sp³-hybridized carbons (Fsp3) is 0.694. The molecule has 0 radical (unpaired) electrons. The molecule has 3 fully saturated rings. The van der Waals surface area contributed by atoms with Gasteiger partial charge in [-0.1, -0.05) is 77.7 Å². The third-order valence-electron chi connectivity index (χ3n) is 12.4.